The number of rotatable bonds is 2. The number of para-hydroxylation sites is 1. The standard InChI is InChI=1S/C24H20N4O2/c1-16(25)21-14-18-7-5-6-17(10-11-19-15-26-27-12-13-30-24(19)27)22(18)23(29)28(21)20-8-3-2-4-9-20/h2-9,14-16H,12-13,25H2,1H3/t16-/m0/s1. The van der Waals surface area contributed by atoms with Crippen LogP contribution >= 0.6 is 0 Å². The van der Waals surface area contributed by atoms with Crippen molar-refractivity contribution in [3.05, 3.63) is 88.0 Å². The summed E-state index contributed by atoms with van der Waals surface area (Å²) in [5, 5.41) is 5.68. The van der Waals surface area contributed by atoms with Crippen LogP contribution in [-0.4, -0.2) is 21.0 Å². The molecule has 2 aromatic heterocycles. The van der Waals surface area contributed by atoms with Gasteiger partial charge < -0.3 is 10.5 Å². The van der Waals surface area contributed by atoms with Gasteiger partial charge in [-0.3, -0.25) is 9.36 Å². The maximum absolute atomic E-state index is 13.6. The number of ether oxygens (including phenoxy) is 1. The fourth-order valence-electron chi connectivity index (χ4n) is 3.80. The van der Waals surface area contributed by atoms with E-state index in [9.17, 15) is 4.79 Å². The van der Waals surface area contributed by atoms with E-state index >= 15 is 0 Å². The van der Waals surface area contributed by atoms with E-state index in [0.29, 0.717) is 23.4 Å². The Hall–Kier alpha value is -3.82. The van der Waals surface area contributed by atoms with Crippen LogP contribution in [0, 0.1) is 11.8 Å². The molecule has 3 heterocycles. The Kier molecular flexibility index (Phi) is 4.38. The third kappa shape index (κ3) is 2.97. The maximum atomic E-state index is 13.6. The van der Waals surface area contributed by atoms with E-state index in [2.05, 4.69) is 16.9 Å². The van der Waals surface area contributed by atoms with Gasteiger partial charge in [0.2, 0.25) is 5.88 Å². The van der Waals surface area contributed by atoms with E-state index < -0.39 is 0 Å². The minimum Gasteiger partial charge on any atom is -0.475 e. The summed E-state index contributed by atoms with van der Waals surface area (Å²) in [7, 11) is 0. The van der Waals surface area contributed by atoms with Crippen molar-refractivity contribution in [2.45, 2.75) is 19.5 Å². The van der Waals surface area contributed by atoms with Crippen molar-refractivity contribution < 1.29 is 4.74 Å². The predicted molar refractivity (Wildman–Crippen MR) is 116 cm³/mol. The number of pyridine rings is 1. The first-order valence-electron chi connectivity index (χ1n) is 9.84. The molecular weight excluding hydrogens is 376 g/mol. The molecule has 0 radical (unpaired) electrons. The van der Waals surface area contributed by atoms with Crippen molar-refractivity contribution in [2.75, 3.05) is 6.61 Å². The second-order valence-corrected chi connectivity index (χ2v) is 7.29. The van der Waals surface area contributed by atoms with Crippen LogP contribution < -0.4 is 16.0 Å². The van der Waals surface area contributed by atoms with E-state index in [1.54, 1.807) is 15.4 Å². The second kappa shape index (κ2) is 7.21. The molecule has 0 aliphatic carbocycles. The molecule has 0 amide bonds. The van der Waals surface area contributed by atoms with Crippen molar-refractivity contribution in [2.24, 2.45) is 5.73 Å². The highest BCUT2D eigenvalue weighted by Gasteiger charge is 2.17. The zero-order valence-electron chi connectivity index (χ0n) is 16.5. The number of fused-ring (bicyclic) bond motifs is 2. The Morgan fingerprint density at radius 1 is 1.10 bits per heavy atom. The van der Waals surface area contributed by atoms with Gasteiger partial charge in [0.15, 0.2) is 0 Å². The number of nitrogens with two attached hydrogens (primary N) is 1. The van der Waals surface area contributed by atoms with E-state index in [1.807, 2.05) is 61.5 Å². The minimum absolute atomic E-state index is 0.132. The van der Waals surface area contributed by atoms with Crippen LogP contribution in [0.25, 0.3) is 16.5 Å². The first-order valence-corrected chi connectivity index (χ1v) is 9.84. The number of aromatic nitrogens is 3. The molecule has 0 spiro atoms. The molecular formula is C24H20N4O2. The van der Waals surface area contributed by atoms with Crippen molar-refractivity contribution >= 4 is 10.8 Å². The van der Waals surface area contributed by atoms with Gasteiger partial charge in [-0.25, -0.2) is 4.68 Å². The normalized spacial score (nSPS) is 13.4. The van der Waals surface area contributed by atoms with Gasteiger partial charge in [-0.15, -0.1) is 0 Å². The topological polar surface area (TPSA) is 75.1 Å². The minimum atomic E-state index is -0.302. The Morgan fingerprint density at radius 3 is 2.70 bits per heavy atom. The second-order valence-electron chi connectivity index (χ2n) is 7.29. The summed E-state index contributed by atoms with van der Waals surface area (Å²) in [4.78, 5) is 13.6. The summed E-state index contributed by atoms with van der Waals surface area (Å²) in [6.45, 7) is 3.21. The molecule has 148 valence electrons. The van der Waals surface area contributed by atoms with Gasteiger partial charge >= 0.3 is 0 Å². The lowest BCUT2D eigenvalue weighted by molar-refractivity contribution is 0.356. The smallest absolute Gasteiger partial charge is 0.264 e. The summed E-state index contributed by atoms with van der Waals surface area (Å²) in [5.74, 6) is 6.97. The van der Waals surface area contributed by atoms with Crippen LogP contribution in [0.3, 0.4) is 0 Å². The molecule has 6 heteroatoms. The van der Waals surface area contributed by atoms with Crippen LogP contribution in [0.5, 0.6) is 5.88 Å². The molecule has 2 N–H and O–H groups in total. The molecule has 0 saturated carbocycles. The summed E-state index contributed by atoms with van der Waals surface area (Å²) < 4.78 is 9.08. The molecule has 5 rings (SSSR count). The Bertz CT molecular complexity index is 1370. The molecule has 6 nitrogen and oxygen atoms in total. The molecule has 0 bridgehead atoms. The van der Waals surface area contributed by atoms with Gasteiger partial charge in [-0.2, -0.15) is 5.10 Å². The van der Waals surface area contributed by atoms with Crippen molar-refractivity contribution in [3.63, 3.8) is 0 Å². The number of hydrogen-bond donors (Lipinski definition) is 1. The molecule has 1 aliphatic heterocycles. The molecule has 30 heavy (non-hydrogen) atoms. The van der Waals surface area contributed by atoms with Crippen LogP contribution in [0.15, 0.2) is 65.6 Å². The van der Waals surface area contributed by atoms with Crippen LogP contribution in [-0.2, 0) is 6.54 Å². The third-order valence-corrected chi connectivity index (χ3v) is 5.22. The lowest BCUT2D eigenvalue weighted by Gasteiger charge is -2.17. The molecule has 2 aromatic carbocycles. The fraction of sp³-hybridized carbons (Fsp3) is 0.167. The average molecular weight is 396 g/mol. The lowest BCUT2D eigenvalue weighted by atomic mass is 10.0. The Labute approximate surface area is 173 Å². The zero-order chi connectivity index (χ0) is 20.7. The van der Waals surface area contributed by atoms with Gasteiger partial charge in [-0.05, 0) is 36.6 Å². The summed E-state index contributed by atoms with van der Waals surface area (Å²) in [6.07, 6.45) is 1.70. The van der Waals surface area contributed by atoms with Gasteiger partial charge in [0.1, 0.15) is 12.2 Å². The molecule has 1 aliphatic rings. The van der Waals surface area contributed by atoms with Crippen LogP contribution in [0.4, 0.5) is 0 Å². The maximum Gasteiger partial charge on any atom is 0.264 e. The molecule has 0 unspecified atom stereocenters. The van der Waals surface area contributed by atoms with E-state index in [0.717, 1.165) is 28.9 Å². The summed E-state index contributed by atoms with van der Waals surface area (Å²) >= 11 is 0. The van der Waals surface area contributed by atoms with E-state index in [4.69, 9.17) is 10.5 Å². The first-order chi connectivity index (χ1) is 14.6. The van der Waals surface area contributed by atoms with Gasteiger partial charge in [-0.1, -0.05) is 42.2 Å². The lowest BCUT2D eigenvalue weighted by Crippen LogP contribution is -2.26. The van der Waals surface area contributed by atoms with Crippen molar-refractivity contribution in [1.29, 1.82) is 0 Å². The summed E-state index contributed by atoms with van der Waals surface area (Å²) in [6, 6.07) is 16.9. The monoisotopic (exact) mass is 396 g/mol. The van der Waals surface area contributed by atoms with Gasteiger partial charge in [0, 0.05) is 23.0 Å². The first kappa shape index (κ1) is 18.2. The number of nitrogens with zero attached hydrogens (tertiary/aromatic N) is 3. The van der Waals surface area contributed by atoms with Gasteiger partial charge in [0.25, 0.3) is 5.56 Å². The van der Waals surface area contributed by atoms with Crippen LogP contribution in [0.2, 0.25) is 0 Å². The Balaban J connectivity index is 1.74. The molecule has 0 saturated heterocycles. The third-order valence-electron chi connectivity index (χ3n) is 5.22. The molecule has 1 atom stereocenters. The summed E-state index contributed by atoms with van der Waals surface area (Å²) in [5.41, 5.74) is 9.00. The van der Waals surface area contributed by atoms with E-state index in [-0.39, 0.29) is 11.6 Å². The largest absolute Gasteiger partial charge is 0.475 e. The zero-order valence-corrected chi connectivity index (χ0v) is 16.5. The highest BCUT2D eigenvalue weighted by atomic mass is 16.5. The highest BCUT2D eigenvalue weighted by molar-refractivity contribution is 5.88. The van der Waals surface area contributed by atoms with Crippen molar-refractivity contribution in [3.8, 4) is 23.4 Å². The molecule has 0 fully saturated rings. The SMILES string of the molecule is C[C@H](N)c1cc2cccc(C#Cc3cnn4c3OCC4)c2c(=O)n1-c1ccccc1. The number of benzene rings is 2. The Morgan fingerprint density at radius 2 is 1.90 bits per heavy atom. The average Bonchev–Trinajstić information content (AvgIpc) is 3.37. The van der Waals surface area contributed by atoms with Gasteiger partial charge in [0.05, 0.1) is 18.1 Å². The number of hydrogen-bond acceptors (Lipinski definition) is 4. The van der Waals surface area contributed by atoms with Crippen molar-refractivity contribution in [1.82, 2.24) is 14.3 Å². The quantitative estimate of drug-likeness (QED) is 0.529. The fourth-order valence-corrected chi connectivity index (χ4v) is 3.80. The van der Waals surface area contributed by atoms with E-state index in [1.165, 1.54) is 0 Å². The molecule has 4 aromatic rings. The predicted octanol–water partition coefficient (Wildman–Crippen LogP) is 3.00. The van der Waals surface area contributed by atoms with Crippen LogP contribution in [0.1, 0.15) is 29.8 Å². The highest BCUT2D eigenvalue weighted by Crippen LogP contribution is 2.24.